The van der Waals surface area contributed by atoms with Crippen molar-refractivity contribution in [2.24, 2.45) is 0 Å². The molecule has 0 atom stereocenters. The highest BCUT2D eigenvalue weighted by atomic mass is 16.5. The fourth-order valence-electron chi connectivity index (χ4n) is 2.60. The van der Waals surface area contributed by atoms with Crippen LogP contribution in [0.3, 0.4) is 0 Å². The number of benzene rings is 2. The summed E-state index contributed by atoms with van der Waals surface area (Å²) in [5, 5.41) is 2.71. The summed E-state index contributed by atoms with van der Waals surface area (Å²) < 4.78 is 11.5. The normalized spacial score (nSPS) is 10.3. The number of rotatable bonds is 8. The molecule has 0 radical (unpaired) electrons. The maximum absolute atomic E-state index is 11.6. The van der Waals surface area contributed by atoms with Gasteiger partial charge in [-0.1, -0.05) is 6.07 Å². The predicted octanol–water partition coefficient (Wildman–Crippen LogP) is 4.31. The minimum absolute atomic E-state index is 0.0534. The van der Waals surface area contributed by atoms with Crippen molar-refractivity contribution in [2.75, 3.05) is 18.5 Å². The quantitative estimate of drug-likeness (QED) is 0.566. The van der Waals surface area contributed by atoms with E-state index in [0.717, 1.165) is 16.9 Å². The number of hydrogen-bond acceptors (Lipinski definition) is 4. The Morgan fingerprint density at radius 1 is 0.923 bits per heavy atom. The molecular weight excluding hydrogens is 330 g/mol. The molecule has 5 heteroatoms. The van der Waals surface area contributed by atoms with Gasteiger partial charge in [0, 0.05) is 18.9 Å². The van der Waals surface area contributed by atoms with E-state index >= 15 is 0 Å². The summed E-state index contributed by atoms with van der Waals surface area (Å²) in [6, 6.07) is 11.1. The van der Waals surface area contributed by atoms with Crippen molar-refractivity contribution in [1.29, 1.82) is 0 Å². The van der Waals surface area contributed by atoms with Crippen molar-refractivity contribution < 1.29 is 19.1 Å². The molecule has 26 heavy (non-hydrogen) atoms. The Kier molecular flexibility index (Phi) is 6.78. The summed E-state index contributed by atoms with van der Waals surface area (Å²) in [7, 11) is 0. The standard InChI is InChI=1S/C21H25NO4/c1-14-10-15(2)12-19(11-14)25-8-5-9-26-21-13-18(16(3)23)6-7-20(21)22-17(4)24/h6-7,10-13H,5,8-9H2,1-4H3,(H,22,24). The number of ketones is 1. The highest BCUT2D eigenvalue weighted by Gasteiger charge is 2.09. The van der Waals surface area contributed by atoms with Crippen LogP contribution in [0.25, 0.3) is 0 Å². The number of Topliss-reactive ketones (excluding diaryl/α,β-unsaturated/α-hetero) is 1. The van der Waals surface area contributed by atoms with Crippen molar-refractivity contribution in [1.82, 2.24) is 0 Å². The maximum atomic E-state index is 11.6. The number of anilines is 1. The largest absolute Gasteiger partial charge is 0.493 e. The Morgan fingerprint density at radius 3 is 2.19 bits per heavy atom. The Labute approximate surface area is 154 Å². The molecule has 138 valence electrons. The van der Waals surface area contributed by atoms with Crippen LogP contribution in [0.15, 0.2) is 36.4 Å². The van der Waals surface area contributed by atoms with E-state index in [1.54, 1.807) is 18.2 Å². The van der Waals surface area contributed by atoms with Crippen LogP contribution in [0.1, 0.15) is 41.8 Å². The van der Waals surface area contributed by atoms with E-state index in [-0.39, 0.29) is 11.7 Å². The highest BCUT2D eigenvalue weighted by Crippen LogP contribution is 2.26. The maximum Gasteiger partial charge on any atom is 0.221 e. The zero-order chi connectivity index (χ0) is 19.1. The first-order valence-electron chi connectivity index (χ1n) is 8.61. The second-order valence-corrected chi connectivity index (χ2v) is 6.32. The predicted molar refractivity (Wildman–Crippen MR) is 102 cm³/mol. The molecule has 0 saturated heterocycles. The molecule has 0 aromatic heterocycles. The molecule has 0 heterocycles. The molecule has 0 aliphatic rings. The van der Waals surface area contributed by atoms with Gasteiger partial charge < -0.3 is 14.8 Å². The monoisotopic (exact) mass is 355 g/mol. The van der Waals surface area contributed by atoms with Gasteiger partial charge in [-0.05, 0) is 62.2 Å². The van der Waals surface area contributed by atoms with Crippen LogP contribution >= 0.6 is 0 Å². The topological polar surface area (TPSA) is 64.6 Å². The van der Waals surface area contributed by atoms with E-state index in [0.29, 0.717) is 36.6 Å². The smallest absolute Gasteiger partial charge is 0.221 e. The van der Waals surface area contributed by atoms with Crippen LogP contribution in [-0.2, 0) is 4.79 Å². The van der Waals surface area contributed by atoms with Gasteiger partial charge in [0.15, 0.2) is 5.78 Å². The SMILES string of the molecule is CC(=O)Nc1ccc(C(C)=O)cc1OCCCOc1cc(C)cc(C)c1. The van der Waals surface area contributed by atoms with Crippen LogP contribution in [0.4, 0.5) is 5.69 Å². The van der Waals surface area contributed by atoms with Gasteiger partial charge in [-0.15, -0.1) is 0 Å². The molecule has 1 N–H and O–H groups in total. The van der Waals surface area contributed by atoms with Crippen molar-refractivity contribution in [2.45, 2.75) is 34.1 Å². The van der Waals surface area contributed by atoms with Gasteiger partial charge in [0.1, 0.15) is 11.5 Å². The molecule has 0 aliphatic heterocycles. The fraction of sp³-hybridized carbons (Fsp3) is 0.333. The Balaban J connectivity index is 1.92. The Morgan fingerprint density at radius 2 is 1.58 bits per heavy atom. The molecular formula is C21H25NO4. The van der Waals surface area contributed by atoms with Crippen LogP contribution in [0.5, 0.6) is 11.5 Å². The van der Waals surface area contributed by atoms with E-state index in [4.69, 9.17) is 9.47 Å². The van der Waals surface area contributed by atoms with E-state index in [2.05, 4.69) is 11.4 Å². The molecule has 0 fully saturated rings. The van der Waals surface area contributed by atoms with E-state index < -0.39 is 0 Å². The summed E-state index contributed by atoms with van der Waals surface area (Å²) in [5.74, 6) is 1.09. The molecule has 2 rings (SSSR count). The number of nitrogens with one attached hydrogen (secondary N) is 1. The third-order valence-electron chi connectivity index (χ3n) is 3.71. The average molecular weight is 355 g/mol. The van der Waals surface area contributed by atoms with Gasteiger partial charge >= 0.3 is 0 Å². The fourth-order valence-corrected chi connectivity index (χ4v) is 2.60. The van der Waals surface area contributed by atoms with Gasteiger partial charge in [0.2, 0.25) is 5.91 Å². The van der Waals surface area contributed by atoms with Crippen molar-refractivity contribution in [3.63, 3.8) is 0 Å². The zero-order valence-corrected chi connectivity index (χ0v) is 15.7. The third-order valence-corrected chi connectivity index (χ3v) is 3.71. The zero-order valence-electron chi connectivity index (χ0n) is 15.7. The molecule has 5 nitrogen and oxygen atoms in total. The molecule has 0 saturated carbocycles. The van der Waals surface area contributed by atoms with Gasteiger partial charge in [-0.25, -0.2) is 0 Å². The first-order chi connectivity index (χ1) is 12.3. The second kappa shape index (κ2) is 9.04. The van der Waals surface area contributed by atoms with Gasteiger partial charge in [0.25, 0.3) is 0 Å². The van der Waals surface area contributed by atoms with Gasteiger partial charge in [0.05, 0.1) is 18.9 Å². The number of carbonyl (C=O) groups is 2. The Hall–Kier alpha value is -2.82. The minimum atomic E-state index is -0.191. The molecule has 1 amide bonds. The minimum Gasteiger partial charge on any atom is -0.493 e. The number of hydrogen-bond donors (Lipinski definition) is 1. The summed E-state index contributed by atoms with van der Waals surface area (Å²) in [6.07, 6.45) is 0.677. The lowest BCUT2D eigenvalue weighted by molar-refractivity contribution is -0.114. The first-order valence-corrected chi connectivity index (χ1v) is 8.61. The summed E-state index contributed by atoms with van der Waals surface area (Å²) >= 11 is 0. The summed E-state index contributed by atoms with van der Waals surface area (Å²) in [4.78, 5) is 22.9. The average Bonchev–Trinajstić information content (AvgIpc) is 2.54. The highest BCUT2D eigenvalue weighted by molar-refractivity contribution is 5.96. The van der Waals surface area contributed by atoms with E-state index in [1.165, 1.54) is 13.8 Å². The summed E-state index contributed by atoms with van der Waals surface area (Å²) in [6.45, 7) is 7.93. The molecule has 0 bridgehead atoms. The van der Waals surface area contributed by atoms with Crippen LogP contribution in [0, 0.1) is 13.8 Å². The van der Waals surface area contributed by atoms with Crippen LogP contribution < -0.4 is 14.8 Å². The molecule has 2 aromatic carbocycles. The third kappa shape index (κ3) is 5.92. The lowest BCUT2D eigenvalue weighted by Gasteiger charge is -2.13. The number of ether oxygens (including phenoxy) is 2. The molecule has 0 unspecified atom stereocenters. The van der Waals surface area contributed by atoms with Gasteiger partial charge in [-0.3, -0.25) is 9.59 Å². The van der Waals surface area contributed by atoms with Crippen molar-refractivity contribution in [3.05, 3.63) is 53.1 Å². The summed E-state index contributed by atoms with van der Waals surface area (Å²) in [5.41, 5.74) is 3.42. The number of carbonyl (C=O) groups excluding carboxylic acids is 2. The van der Waals surface area contributed by atoms with E-state index in [1.807, 2.05) is 26.0 Å². The lowest BCUT2D eigenvalue weighted by Crippen LogP contribution is -2.10. The molecule has 0 aliphatic carbocycles. The Bertz CT molecular complexity index is 778. The van der Waals surface area contributed by atoms with Crippen molar-refractivity contribution >= 4 is 17.4 Å². The number of amides is 1. The molecule has 2 aromatic rings. The van der Waals surface area contributed by atoms with Crippen LogP contribution in [0.2, 0.25) is 0 Å². The first kappa shape index (κ1) is 19.5. The second-order valence-electron chi connectivity index (χ2n) is 6.32. The van der Waals surface area contributed by atoms with Gasteiger partial charge in [-0.2, -0.15) is 0 Å². The van der Waals surface area contributed by atoms with E-state index in [9.17, 15) is 9.59 Å². The number of aryl methyl sites for hydroxylation is 2. The van der Waals surface area contributed by atoms with Crippen LogP contribution in [-0.4, -0.2) is 24.9 Å². The lowest BCUT2D eigenvalue weighted by atomic mass is 10.1. The molecule has 0 spiro atoms. The van der Waals surface area contributed by atoms with Crippen molar-refractivity contribution in [3.8, 4) is 11.5 Å².